The summed E-state index contributed by atoms with van der Waals surface area (Å²) in [5, 5.41) is 0.783. The van der Waals surface area contributed by atoms with E-state index in [1.54, 1.807) is 0 Å². The Morgan fingerprint density at radius 3 is 2.60 bits per heavy atom. The van der Waals surface area contributed by atoms with Gasteiger partial charge in [0.25, 0.3) is 0 Å². The van der Waals surface area contributed by atoms with Crippen LogP contribution in [0.1, 0.15) is 23.1 Å². The van der Waals surface area contributed by atoms with E-state index in [1.807, 2.05) is 18.2 Å². The van der Waals surface area contributed by atoms with Gasteiger partial charge >= 0.3 is 0 Å². The predicted octanol–water partition coefficient (Wildman–Crippen LogP) is 4.91. The van der Waals surface area contributed by atoms with Crippen molar-refractivity contribution in [2.75, 3.05) is 0 Å². The van der Waals surface area contributed by atoms with Crippen LogP contribution in [0.5, 0.6) is 0 Å². The van der Waals surface area contributed by atoms with E-state index in [9.17, 15) is 0 Å². The van der Waals surface area contributed by atoms with Crippen LogP contribution in [0, 0.1) is 6.92 Å². The summed E-state index contributed by atoms with van der Waals surface area (Å²) < 4.78 is 1.000. The van der Waals surface area contributed by atoms with Crippen molar-refractivity contribution in [3.8, 4) is 0 Å². The second-order valence-corrected chi connectivity index (χ2v) is 6.49. The monoisotopic (exact) mass is 351 g/mol. The minimum atomic E-state index is 0.133. The fourth-order valence-electron chi connectivity index (χ4n) is 2.30. The molecule has 106 valence electrons. The van der Waals surface area contributed by atoms with Gasteiger partial charge in [-0.15, -0.1) is 0 Å². The van der Waals surface area contributed by atoms with E-state index < -0.39 is 0 Å². The third kappa shape index (κ3) is 4.34. The van der Waals surface area contributed by atoms with Gasteiger partial charge in [0.15, 0.2) is 0 Å². The van der Waals surface area contributed by atoms with Gasteiger partial charge in [0.2, 0.25) is 0 Å². The molecule has 1 nitrogen and oxygen atoms in total. The average Bonchev–Trinajstić information content (AvgIpc) is 2.41. The van der Waals surface area contributed by atoms with Crippen LogP contribution in [-0.2, 0) is 12.8 Å². The van der Waals surface area contributed by atoms with Gasteiger partial charge in [-0.05, 0) is 55.0 Å². The van der Waals surface area contributed by atoms with Gasteiger partial charge in [-0.1, -0.05) is 57.9 Å². The Kier molecular flexibility index (Phi) is 5.64. The van der Waals surface area contributed by atoms with Crippen LogP contribution in [0.3, 0.4) is 0 Å². The first-order valence-electron chi connectivity index (χ1n) is 6.80. The number of benzene rings is 2. The van der Waals surface area contributed by atoms with Crippen molar-refractivity contribution < 1.29 is 0 Å². The molecular formula is C17H19BrClN. The fourth-order valence-corrected chi connectivity index (χ4v) is 3.05. The van der Waals surface area contributed by atoms with Crippen molar-refractivity contribution in [2.45, 2.75) is 32.2 Å². The highest BCUT2D eigenvalue weighted by atomic mass is 79.9. The quantitative estimate of drug-likeness (QED) is 0.812. The van der Waals surface area contributed by atoms with Gasteiger partial charge in [0, 0.05) is 15.5 Å². The Bertz CT molecular complexity index is 583. The molecule has 1 atom stereocenters. The first-order chi connectivity index (χ1) is 9.56. The molecule has 0 aliphatic carbocycles. The van der Waals surface area contributed by atoms with Gasteiger partial charge in [-0.25, -0.2) is 0 Å². The Labute approximate surface area is 134 Å². The summed E-state index contributed by atoms with van der Waals surface area (Å²) in [6.45, 7) is 2.15. The number of halogens is 2. The predicted molar refractivity (Wildman–Crippen MR) is 90.3 cm³/mol. The molecule has 0 amide bonds. The molecule has 0 aromatic heterocycles. The zero-order valence-corrected chi connectivity index (χ0v) is 13.9. The van der Waals surface area contributed by atoms with E-state index >= 15 is 0 Å². The standard InChI is InChI=1S/C17H19BrClN/c1-12-4-2-3-5-13(12)7-9-16(20)10-14-6-8-15(18)11-17(14)19/h2-6,8,11,16H,7,9-10,20H2,1H3. The molecule has 0 bridgehead atoms. The summed E-state index contributed by atoms with van der Waals surface area (Å²) >= 11 is 9.65. The lowest BCUT2D eigenvalue weighted by Gasteiger charge is -2.14. The lowest BCUT2D eigenvalue weighted by molar-refractivity contribution is 0.609. The molecule has 0 spiro atoms. The molecule has 0 aliphatic rings. The zero-order chi connectivity index (χ0) is 14.5. The van der Waals surface area contributed by atoms with Crippen molar-refractivity contribution in [2.24, 2.45) is 5.73 Å². The summed E-state index contributed by atoms with van der Waals surface area (Å²) in [6.07, 6.45) is 2.80. The molecular weight excluding hydrogens is 334 g/mol. The van der Waals surface area contributed by atoms with E-state index in [0.717, 1.165) is 34.3 Å². The molecule has 2 aromatic rings. The van der Waals surface area contributed by atoms with Crippen molar-refractivity contribution >= 4 is 27.5 Å². The molecule has 0 aliphatic heterocycles. The van der Waals surface area contributed by atoms with Gasteiger partial charge in [0.05, 0.1) is 0 Å². The highest BCUT2D eigenvalue weighted by Crippen LogP contribution is 2.23. The smallest absolute Gasteiger partial charge is 0.0449 e. The lowest BCUT2D eigenvalue weighted by atomic mass is 9.97. The van der Waals surface area contributed by atoms with Crippen LogP contribution in [0.25, 0.3) is 0 Å². The highest BCUT2D eigenvalue weighted by Gasteiger charge is 2.09. The number of hydrogen-bond acceptors (Lipinski definition) is 1. The number of nitrogens with two attached hydrogens (primary N) is 1. The van der Waals surface area contributed by atoms with Gasteiger partial charge < -0.3 is 5.73 Å². The maximum absolute atomic E-state index is 6.24. The topological polar surface area (TPSA) is 26.0 Å². The number of hydrogen-bond donors (Lipinski definition) is 1. The molecule has 0 saturated heterocycles. The van der Waals surface area contributed by atoms with Crippen LogP contribution in [0.2, 0.25) is 5.02 Å². The lowest BCUT2D eigenvalue weighted by Crippen LogP contribution is -2.23. The normalized spacial score (nSPS) is 12.4. The third-order valence-electron chi connectivity index (χ3n) is 3.54. The summed E-state index contributed by atoms with van der Waals surface area (Å²) in [5.74, 6) is 0. The minimum Gasteiger partial charge on any atom is -0.327 e. The summed E-state index contributed by atoms with van der Waals surface area (Å²) in [7, 11) is 0. The molecule has 2 aromatic carbocycles. The second kappa shape index (κ2) is 7.26. The van der Waals surface area contributed by atoms with Crippen LogP contribution < -0.4 is 5.73 Å². The largest absolute Gasteiger partial charge is 0.327 e. The first-order valence-corrected chi connectivity index (χ1v) is 7.97. The number of rotatable bonds is 5. The van der Waals surface area contributed by atoms with E-state index in [-0.39, 0.29) is 6.04 Å². The van der Waals surface area contributed by atoms with Gasteiger partial charge in [-0.3, -0.25) is 0 Å². The Hall–Kier alpha value is -0.830. The average molecular weight is 353 g/mol. The zero-order valence-electron chi connectivity index (χ0n) is 11.6. The summed E-state index contributed by atoms with van der Waals surface area (Å²) in [4.78, 5) is 0. The molecule has 3 heteroatoms. The Balaban J connectivity index is 1.92. The highest BCUT2D eigenvalue weighted by molar-refractivity contribution is 9.10. The number of aryl methyl sites for hydroxylation is 2. The Morgan fingerprint density at radius 1 is 1.15 bits per heavy atom. The van der Waals surface area contributed by atoms with Gasteiger partial charge in [0.1, 0.15) is 0 Å². The second-order valence-electron chi connectivity index (χ2n) is 5.17. The van der Waals surface area contributed by atoms with Crippen molar-refractivity contribution in [3.63, 3.8) is 0 Å². The summed E-state index contributed by atoms with van der Waals surface area (Å²) in [5.41, 5.74) is 10.1. The van der Waals surface area contributed by atoms with Gasteiger partial charge in [-0.2, -0.15) is 0 Å². The first kappa shape index (κ1) is 15.6. The minimum absolute atomic E-state index is 0.133. The van der Waals surface area contributed by atoms with Crippen LogP contribution in [0.4, 0.5) is 0 Å². The van der Waals surface area contributed by atoms with Crippen molar-refractivity contribution in [1.82, 2.24) is 0 Å². The molecule has 20 heavy (non-hydrogen) atoms. The third-order valence-corrected chi connectivity index (χ3v) is 4.39. The van der Waals surface area contributed by atoms with E-state index in [4.69, 9.17) is 17.3 Å². The fraction of sp³-hybridized carbons (Fsp3) is 0.294. The molecule has 0 fully saturated rings. The SMILES string of the molecule is Cc1ccccc1CCC(N)Cc1ccc(Br)cc1Cl. The molecule has 2 N–H and O–H groups in total. The maximum Gasteiger partial charge on any atom is 0.0449 e. The molecule has 2 rings (SSSR count). The maximum atomic E-state index is 6.24. The summed E-state index contributed by atoms with van der Waals surface area (Å²) in [6, 6.07) is 14.6. The van der Waals surface area contributed by atoms with Crippen LogP contribution >= 0.6 is 27.5 Å². The van der Waals surface area contributed by atoms with E-state index in [0.29, 0.717) is 0 Å². The van der Waals surface area contributed by atoms with E-state index in [2.05, 4.69) is 47.1 Å². The van der Waals surface area contributed by atoms with E-state index in [1.165, 1.54) is 11.1 Å². The molecule has 0 saturated carbocycles. The van der Waals surface area contributed by atoms with Crippen LogP contribution in [-0.4, -0.2) is 6.04 Å². The Morgan fingerprint density at radius 2 is 1.90 bits per heavy atom. The molecule has 0 heterocycles. The van der Waals surface area contributed by atoms with Crippen molar-refractivity contribution in [3.05, 3.63) is 68.7 Å². The molecule has 0 radical (unpaired) electrons. The van der Waals surface area contributed by atoms with Crippen LogP contribution in [0.15, 0.2) is 46.9 Å². The van der Waals surface area contributed by atoms with Crippen molar-refractivity contribution in [1.29, 1.82) is 0 Å². The molecule has 1 unspecified atom stereocenters.